The van der Waals surface area contributed by atoms with Crippen LogP contribution in [0, 0.1) is 11.3 Å². The van der Waals surface area contributed by atoms with Crippen molar-refractivity contribution < 1.29 is 14.3 Å². The van der Waals surface area contributed by atoms with Crippen LogP contribution >= 0.6 is 11.3 Å². The molecule has 136 valence electrons. The molecule has 0 fully saturated rings. The van der Waals surface area contributed by atoms with Gasteiger partial charge < -0.3 is 20.1 Å². The summed E-state index contributed by atoms with van der Waals surface area (Å²) >= 11 is 1.45. The Morgan fingerprint density at radius 2 is 2.15 bits per heavy atom. The molecule has 0 unspecified atom stereocenters. The Morgan fingerprint density at radius 3 is 2.88 bits per heavy atom. The van der Waals surface area contributed by atoms with Crippen molar-refractivity contribution in [1.29, 1.82) is 5.26 Å². The fourth-order valence-corrected chi connectivity index (χ4v) is 4.02. The van der Waals surface area contributed by atoms with E-state index < -0.39 is 0 Å². The zero-order chi connectivity index (χ0) is 18.5. The number of hydrogen-bond acceptors (Lipinski definition) is 6. The highest BCUT2D eigenvalue weighted by Crippen LogP contribution is 2.34. The molecule has 1 aliphatic rings. The molecule has 3 N–H and O–H groups in total. The maximum absolute atomic E-state index is 12.2. The average molecular weight is 372 g/mol. The average Bonchev–Trinajstić information content (AvgIpc) is 3.02. The lowest BCUT2D eigenvalue weighted by Gasteiger charge is -2.11. The fraction of sp³-hybridized carbons (Fsp3) is 0.333. The third-order valence-electron chi connectivity index (χ3n) is 4.17. The predicted molar refractivity (Wildman–Crippen MR) is 99.8 cm³/mol. The summed E-state index contributed by atoms with van der Waals surface area (Å²) in [7, 11) is 3.14. The van der Waals surface area contributed by atoms with E-state index in [4.69, 9.17) is 9.47 Å². The first-order valence-corrected chi connectivity index (χ1v) is 8.99. The SMILES string of the molecule is COc1ccc(CNC(=O)Nc2sc3c(c2C#N)CCNC3)cc1OC. The zero-order valence-corrected chi connectivity index (χ0v) is 15.5. The van der Waals surface area contributed by atoms with E-state index in [1.54, 1.807) is 20.3 Å². The summed E-state index contributed by atoms with van der Waals surface area (Å²) in [6.07, 6.45) is 0.809. The summed E-state index contributed by atoms with van der Waals surface area (Å²) in [5, 5.41) is 18.9. The molecule has 0 spiro atoms. The highest BCUT2D eigenvalue weighted by atomic mass is 32.1. The Balaban J connectivity index is 1.65. The zero-order valence-electron chi connectivity index (χ0n) is 14.6. The van der Waals surface area contributed by atoms with Crippen LogP contribution in [0.4, 0.5) is 9.80 Å². The second kappa shape index (κ2) is 8.08. The van der Waals surface area contributed by atoms with E-state index >= 15 is 0 Å². The number of nitrogens with one attached hydrogen (secondary N) is 3. The van der Waals surface area contributed by atoms with E-state index in [0.717, 1.165) is 35.5 Å². The quantitative estimate of drug-likeness (QED) is 0.750. The van der Waals surface area contributed by atoms with Crippen molar-refractivity contribution in [1.82, 2.24) is 10.6 Å². The summed E-state index contributed by atoms with van der Waals surface area (Å²) in [5.41, 5.74) is 2.51. The first-order valence-electron chi connectivity index (χ1n) is 8.17. The molecule has 0 aliphatic carbocycles. The monoisotopic (exact) mass is 372 g/mol. The molecular weight excluding hydrogens is 352 g/mol. The van der Waals surface area contributed by atoms with Crippen molar-refractivity contribution in [3.05, 3.63) is 39.8 Å². The van der Waals surface area contributed by atoms with Gasteiger partial charge in [0.05, 0.1) is 19.8 Å². The molecule has 3 rings (SSSR count). The Morgan fingerprint density at radius 1 is 1.35 bits per heavy atom. The summed E-state index contributed by atoms with van der Waals surface area (Å²) in [6.45, 7) is 1.92. The van der Waals surface area contributed by atoms with E-state index in [0.29, 0.717) is 28.6 Å². The number of urea groups is 1. The number of carbonyl (C=O) groups excluding carboxylic acids is 1. The standard InChI is InChI=1S/C18H20N4O3S/c1-24-14-4-3-11(7-15(14)25-2)9-21-18(23)22-17-13(8-19)12-5-6-20-10-16(12)26-17/h3-4,7,20H,5-6,9-10H2,1-2H3,(H2,21,22,23). The number of anilines is 1. The van der Waals surface area contributed by atoms with Crippen LogP contribution in [-0.2, 0) is 19.5 Å². The largest absolute Gasteiger partial charge is 0.493 e. The van der Waals surface area contributed by atoms with Gasteiger partial charge in [-0.05, 0) is 36.2 Å². The summed E-state index contributed by atoms with van der Waals surface area (Å²) in [4.78, 5) is 13.4. The van der Waals surface area contributed by atoms with Gasteiger partial charge >= 0.3 is 6.03 Å². The minimum absolute atomic E-state index is 0.334. The summed E-state index contributed by atoms with van der Waals surface area (Å²) in [5.74, 6) is 1.24. The molecule has 26 heavy (non-hydrogen) atoms. The van der Waals surface area contributed by atoms with Crippen LogP contribution in [0.3, 0.4) is 0 Å². The third kappa shape index (κ3) is 3.74. The van der Waals surface area contributed by atoms with E-state index in [9.17, 15) is 10.1 Å². The molecule has 1 aromatic carbocycles. The third-order valence-corrected chi connectivity index (χ3v) is 5.32. The van der Waals surface area contributed by atoms with Gasteiger partial charge in [-0.2, -0.15) is 5.26 Å². The molecule has 0 saturated carbocycles. The second-order valence-corrected chi connectivity index (χ2v) is 6.85. The topological polar surface area (TPSA) is 95.4 Å². The van der Waals surface area contributed by atoms with E-state index in [-0.39, 0.29) is 6.03 Å². The minimum Gasteiger partial charge on any atom is -0.493 e. The molecule has 1 aliphatic heterocycles. The summed E-state index contributed by atoms with van der Waals surface area (Å²) < 4.78 is 10.5. The number of benzene rings is 1. The van der Waals surface area contributed by atoms with Crippen LogP contribution in [-0.4, -0.2) is 26.8 Å². The Labute approximate surface area is 155 Å². The van der Waals surface area contributed by atoms with Gasteiger partial charge in [-0.25, -0.2) is 4.79 Å². The fourth-order valence-electron chi connectivity index (χ4n) is 2.86. The van der Waals surface area contributed by atoms with Gasteiger partial charge in [0.2, 0.25) is 0 Å². The molecule has 2 amide bonds. The lowest BCUT2D eigenvalue weighted by atomic mass is 10.1. The van der Waals surface area contributed by atoms with Crippen molar-refractivity contribution in [2.24, 2.45) is 0 Å². The molecule has 0 saturated heterocycles. The van der Waals surface area contributed by atoms with Crippen molar-refractivity contribution in [2.45, 2.75) is 19.5 Å². The van der Waals surface area contributed by atoms with E-state index in [1.165, 1.54) is 11.3 Å². The number of thiophene rings is 1. The minimum atomic E-state index is -0.345. The van der Waals surface area contributed by atoms with E-state index in [2.05, 4.69) is 22.0 Å². The molecule has 0 atom stereocenters. The predicted octanol–water partition coefficient (Wildman–Crippen LogP) is 2.60. The van der Waals surface area contributed by atoms with Crippen LogP contribution in [0.5, 0.6) is 11.5 Å². The maximum atomic E-state index is 12.2. The number of amides is 2. The molecule has 7 nitrogen and oxygen atoms in total. The van der Waals surface area contributed by atoms with Gasteiger partial charge in [-0.1, -0.05) is 6.07 Å². The van der Waals surface area contributed by atoms with Gasteiger partial charge in [0.25, 0.3) is 0 Å². The van der Waals surface area contributed by atoms with Gasteiger partial charge in [-0.3, -0.25) is 5.32 Å². The van der Waals surface area contributed by atoms with Gasteiger partial charge in [0.1, 0.15) is 11.1 Å². The van der Waals surface area contributed by atoms with Crippen LogP contribution in [0.25, 0.3) is 0 Å². The number of fused-ring (bicyclic) bond motifs is 1. The number of hydrogen-bond donors (Lipinski definition) is 3. The first-order chi connectivity index (χ1) is 12.7. The lowest BCUT2D eigenvalue weighted by molar-refractivity contribution is 0.252. The van der Waals surface area contributed by atoms with Crippen LogP contribution in [0.1, 0.15) is 21.6 Å². The van der Waals surface area contributed by atoms with Gasteiger partial charge in [-0.15, -0.1) is 11.3 Å². The van der Waals surface area contributed by atoms with Gasteiger partial charge in [0.15, 0.2) is 11.5 Å². The number of carbonyl (C=O) groups is 1. The number of methoxy groups -OCH3 is 2. The first kappa shape index (κ1) is 18.0. The number of rotatable bonds is 5. The number of nitriles is 1. The summed E-state index contributed by atoms with van der Waals surface area (Å²) in [6, 6.07) is 7.34. The van der Waals surface area contributed by atoms with Crippen LogP contribution in [0.15, 0.2) is 18.2 Å². The van der Waals surface area contributed by atoms with Crippen LogP contribution < -0.4 is 25.4 Å². The molecule has 0 radical (unpaired) electrons. The molecular formula is C18H20N4O3S. The molecule has 8 heteroatoms. The van der Waals surface area contributed by atoms with E-state index in [1.807, 2.05) is 12.1 Å². The van der Waals surface area contributed by atoms with Crippen molar-refractivity contribution >= 4 is 22.4 Å². The van der Waals surface area contributed by atoms with Crippen molar-refractivity contribution in [3.8, 4) is 17.6 Å². The molecule has 2 aromatic rings. The van der Waals surface area contributed by atoms with Crippen molar-refractivity contribution in [3.63, 3.8) is 0 Å². The Hall–Kier alpha value is -2.76. The van der Waals surface area contributed by atoms with Gasteiger partial charge in [0, 0.05) is 18.0 Å². The Bertz CT molecular complexity index is 857. The van der Waals surface area contributed by atoms with Crippen molar-refractivity contribution in [2.75, 3.05) is 26.1 Å². The number of nitrogens with zero attached hydrogens (tertiary/aromatic N) is 1. The van der Waals surface area contributed by atoms with Crippen LogP contribution in [0.2, 0.25) is 0 Å². The highest BCUT2D eigenvalue weighted by Gasteiger charge is 2.21. The molecule has 0 bridgehead atoms. The highest BCUT2D eigenvalue weighted by molar-refractivity contribution is 7.16. The smallest absolute Gasteiger partial charge is 0.320 e. The maximum Gasteiger partial charge on any atom is 0.320 e. The second-order valence-electron chi connectivity index (χ2n) is 5.74. The molecule has 2 heterocycles. The number of ether oxygens (including phenoxy) is 2. The molecule has 1 aromatic heterocycles. The Kier molecular flexibility index (Phi) is 5.61. The lowest BCUT2D eigenvalue weighted by Crippen LogP contribution is -2.28. The normalized spacial score (nSPS) is 12.7.